The highest BCUT2D eigenvalue weighted by atomic mass is 16.4. The summed E-state index contributed by atoms with van der Waals surface area (Å²) in [4.78, 5) is 23.5. The van der Waals surface area contributed by atoms with Crippen molar-refractivity contribution in [2.75, 3.05) is 0 Å². The molecule has 104 valence electrons. The highest BCUT2D eigenvalue weighted by Crippen LogP contribution is 2.69. The molecule has 4 fully saturated rings. The van der Waals surface area contributed by atoms with Gasteiger partial charge >= 0.3 is 5.97 Å². The lowest BCUT2D eigenvalue weighted by Gasteiger charge is -2.18. The van der Waals surface area contributed by atoms with Gasteiger partial charge in [-0.05, 0) is 55.8 Å². The van der Waals surface area contributed by atoms with Crippen LogP contribution in [0.5, 0.6) is 0 Å². The van der Waals surface area contributed by atoms with Crippen LogP contribution < -0.4 is 5.32 Å². The van der Waals surface area contributed by atoms with E-state index in [2.05, 4.69) is 5.32 Å². The molecular weight excluding hydrogens is 242 g/mol. The fourth-order valence-corrected chi connectivity index (χ4v) is 5.38. The first-order valence-corrected chi connectivity index (χ1v) is 7.70. The van der Waals surface area contributed by atoms with Gasteiger partial charge in [0.15, 0.2) is 0 Å². The number of fused-ring (bicyclic) bond motifs is 5. The third-order valence-electron chi connectivity index (χ3n) is 6.20. The van der Waals surface area contributed by atoms with Crippen molar-refractivity contribution in [1.29, 1.82) is 0 Å². The van der Waals surface area contributed by atoms with Gasteiger partial charge in [0.2, 0.25) is 5.91 Å². The summed E-state index contributed by atoms with van der Waals surface area (Å²) in [5, 5.41) is 12.2. The predicted molar refractivity (Wildman–Crippen MR) is 68.2 cm³/mol. The van der Waals surface area contributed by atoms with Gasteiger partial charge in [-0.2, -0.15) is 0 Å². The monoisotopic (exact) mass is 263 g/mol. The Morgan fingerprint density at radius 3 is 2.32 bits per heavy atom. The lowest BCUT2D eigenvalue weighted by atomic mass is 10.0. The van der Waals surface area contributed by atoms with Crippen LogP contribution in [0.25, 0.3) is 0 Å². The summed E-state index contributed by atoms with van der Waals surface area (Å²) >= 11 is 0. The molecule has 0 aromatic rings. The summed E-state index contributed by atoms with van der Waals surface area (Å²) in [7, 11) is 0. The average Bonchev–Trinajstić information content (AvgIpc) is 2.75. The summed E-state index contributed by atoms with van der Waals surface area (Å²) in [5.74, 6) is 2.14. The van der Waals surface area contributed by atoms with E-state index < -0.39 is 5.97 Å². The summed E-state index contributed by atoms with van der Waals surface area (Å²) in [5.41, 5.74) is 0. The normalized spacial score (nSPS) is 50.0. The van der Waals surface area contributed by atoms with Crippen molar-refractivity contribution in [3.05, 3.63) is 0 Å². The maximum atomic E-state index is 12.4. The van der Waals surface area contributed by atoms with Crippen LogP contribution >= 0.6 is 0 Å². The minimum Gasteiger partial charge on any atom is -0.481 e. The maximum absolute atomic E-state index is 12.4. The lowest BCUT2D eigenvalue weighted by Crippen LogP contribution is -2.41. The molecule has 1 amide bonds. The minimum absolute atomic E-state index is 0.121. The molecule has 4 aliphatic rings. The van der Waals surface area contributed by atoms with Crippen molar-refractivity contribution in [3.8, 4) is 0 Å². The number of carboxylic acid groups (broad SMARTS) is 1. The molecule has 0 aromatic carbocycles. The summed E-state index contributed by atoms with van der Waals surface area (Å²) in [6, 6.07) is -0.121. The fraction of sp³-hybridized carbons (Fsp3) is 0.867. The predicted octanol–water partition coefficient (Wildman–Crippen LogP) is 1.65. The van der Waals surface area contributed by atoms with Gasteiger partial charge < -0.3 is 10.4 Å². The number of hydrogen-bond acceptors (Lipinski definition) is 2. The number of aliphatic carboxylic acids is 1. The molecule has 0 radical (unpaired) electrons. The summed E-state index contributed by atoms with van der Waals surface area (Å²) in [6.07, 6.45) is 6.44. The largest absolute Gasteiger partial charge is 0.481 e. The van der Waals surface area contributed by atoms with Gasteiger partial charge in [-0.1, -0.05) is 6.42 Å². The van der Waals surface area contributed by atoms with Crippen LogP contribution in [-0.4, -0.2) is 23.0 Å². The number of carboxylic acids is 1. The molecule has 2 bridgehead atoms. The molecule has 4 nitrogen and oxygen atoms in total. The minimum atomic E-state index is -0.751. The van der Waals surface area contributed by atoms with Crippen LogP contribution in [0.4, 0.5) is 0 Å². The number of nitrogens with one attached hydrogen (secondary N) is 1. The first-order valence-electron chi connectivity index (χ1n) is 7.70. The Morgan fingerprint density at radius 2 is 1.68 bits per heavy atom. The molecule has 4 unspecified atom stereocenters. The summed E-state index contributed by atoms with van der Waals surface area (Å²) < 4.78 is 0. The van der Waals surface area contributed by atoms with E-state index in [-0.39, 0.29) is 23.8 Å². The fourth-order valence-electron chi connectivity index (χ4n) is 5.38. The van der Waals surface area contributed by atoms with Crippen LogP contribution in [0, 0.1) is 35.5 Å². The quantitative estimate of drug-likeness (QED) is 0.813. The van der Waals surface area contributed by atoms with Crippen molar-refractivity contribution in [2.24, 2.45) is 35.5 Å². The van der Waals surface area contributed by atoms with Crippen molar-refractivity contribution in [3.63, 3.8) is 0 Å². The first kappa shape index (κ1) is 11.7. The molecule has 19 heavy (non-hydrogen) atoms. The van der Waals surface area contributed by atoms with Crippen molar-refractivity contribution >= 4 is 11.9 Å². The van der Waals surface area contributed by atoms with Gasteiger partial charge in [0.1, 0.15) is 0 Å². The molecule has 0 spiro atoms. The SMILES string of the molecule is O=C(N[C@H]1CCC[C@H]1C(=O)O)C1C2C3CCC(C3)C12. The first-order chi connectivity index (χ1) is 9.16. The second kappa shape index (κ2) is 3.97. The topological polar surface area (TPSA) is 66.4 Å². The second-order valence-corrected chi connectivity index (χ2v) is 7.00. The molecule has 0 saturated heterocycles. The van der Waals surface area contributed by atoms with Gasteiger partial charge in [0, 0.05) is 12.0 Å². The van der Waals surface area contributed by atoms with Gasteiger partial charge in [0.05, 0.1) is 5.92 Å². The molecule has 2 N–H and O–H groups in total. The van der Waals surface area contributed by atoms with E-state index in [1.54, 1.807) is 0 Å². The Kier molecular flexibility index (Phi) is 2.45. The lowest BCUT2D eigenvalue weighted by molar-refractivity contribution is -0.142. The molecule has 0 heterocycles. The Hall–Kier alpha value is -1.06. The van der Waals surface area contributed by atoms with E-state index >= 15 is 0 Å². The molecule has 4 heteroatoms. The summed E-state index contributed by atoms with van der Waals surface area (Å²) in [6.45, 7) is 0. The van der Waals surface area contributed by atoms with Crippen LogP contribution in [0.1, 0.15) is 38.5 Å². The standard InChI is InChI=1S/C15H21NO3/c17-14(16-10-3-1-2-9(10)15(18)19)13-11-7-4-5-8(6-7)12(11)13/h7-13H,1-6H2,(H,16,17)(H,18,19)/t7?,8?,9-,10+,11?,12?,13?/m1/s1. The van der Waals surface area contributed by atoms with E-state index in [0.717, 1.165) is 24.7 Å². The molecular formula is C15H21NO3. The second-order valence-electron chi connectivity index (χ2n) is 7.00. The number of amides is 1. The van der Waals surface area contributed by atoms with E-state index in [4.69, 9.17) is 5.11 Å². The van der Waals surface area contributed by atoms with Crippen LogP contribution in [0.3, 0.4) is 0 Å². The van der Waals surface area contributed by atoms with E-state index in [9.17, 15) is 9.59 Å². The van der Waals surface area contributed by atoms with E-state index in [0.29, 0.717) is 18.3 Å². The Labute approximate surface area is 112 Å². The van der Waals surface area contributed by atoms with Crippen molar-refractivity contribution < 1.29 is 14.7 Å². The van der Waals surface area contributed by atoms with Gasteiger partial charge in [-0.3, -0.25) is 9.59 Å². The third-order valence-corrected chi connectivity index (χ3v) is 6.20. The Balaban J connectivity index is 1.39. The van der Waals surface area contributed by atoms with Gasteiger partial charge in [-0.25, -0.2) is 0 Å². The van der Waals surface area contributed by atoms with Crippen LogP contribution in [-0.2, 0) is 9.59 Å². The Bertz CT molecular complexity index is 419. The van der Waals surface area contributed by atoms with Gasteiger partial charge in [-0.15, -0.1) is 0 Å². The molecule has 4 saturated carbocycles. The van der Waals surface area contributed by atoms with E-state index in [1.807, 2.05) is 0 Å². The Morgan fingerprint density at radius 1 is 1.00 bits per heavy atom. The molecule has 6 atom stereocenters. The van der Waals surface area contributed by atoms with Crippen LogP contribution in [0.2, 0.25) is 0 Å². The highest BCUT2D eigenvalue weighted by molar-refractivity contribution is 5.84. The molecule has 0 aromatic heterocycles. The average molecular weight is 263 g/mol. The van der Waals surface area contributed by atoms with Crippen LogP contribution in [0.15, 0.2) is 0 Å². The van der Waals surface area contributed by atoms with Crippen molar-refractivity contribution in [2.45, 2.75) is 44.6 Å². The number of rotatable bonds is 3. The highest BCUT2D eigenvalue weighted by Gasteiger charge is 2.67. The molecule has 4 aliphatic carbocycles. The van der Waals surface area contributed by atoms with Gasteiger partial charge in [0.25, 0.3) is 0 Å². The zero-order valence-electron chi connectivity index (χ0n) is 11.0. The molecule has 4 rings (SSSR count). The van der Waals surface area contributed by atoms with Crippen molar-refractivity contribution in [1.82, 2.24) is 5.32 Å². The zero-order valence-corrected chi connectivity index (χ0v) is 11.0. The third kappa shape index (κ3) is 1.65. The number of carbonyl (C=O) groups is 2. The van der Waals surface area contributed by atoms with E-state index in [1.165, 1.54) is 19.3 Å². The number of hydrogen-bond donors (Lipinski definition) is 2. The smallest absolute Gasteiger partial charge is 0.308 e. The number of carbonyl (C=O) groups excluding carboxylic acids is 1. The zero-order chi connectivity index (χ0) is 13.1. The molecule has 0 aliphatic heterocycles. The maximum Gasteiger partial charge on any atom is 0.308 e.